The molecule has 24 heavy (non-hydrogen) atoms. The van der Waals surface area contributed by atoms with Crippen LogP contribution in [0.15, 0.2) is 29.2 Å². The fraction of sp³-hybridized carbons (Fsp3) is 0.286. The monoisotopic (exact) mass is 365 g/mol. The van der Waals surface area contributed by atoms with Crippen LogP contribution >= 0.6 is 11.6 Å². The molecule has 0 aliphatic carbocycles. The molecule has 0 atom stereocenters. The van der Waals surface area contributed by atoms with Gasteiger partial charge in [-0.2, -0.15) is 5.10 Å². The SMILES string of the molecule is C=CCNC(=O)c1ccc(Cn2nc(C(F)F)c(Cl)c2C(F)F)o1. The molecule has 2 aromatic rings. The van der Waals surface area contributed by atoms with E-state index in [4.69, 9.17) is 16.0 Å². The van der Waals surface area contributed by atoms with Crippen LogP contribution in [0.25, 0.3) is 0 Å². The third-order valence-electron chi connectivity index (χ3n) is 2.97. The Labute approximate surface area is 138 Å². The molecule has 0 aliphatic rings. The highest BCUT2D eigenvalue weighted by molar-refractivity contribution is 6.32. The molecule has 2 heterocycles. The van der Waals surface area contributed by atoms with Crippen LogP contribution in [0.3, 0.4) is 0 Å². The second-order valence-corrected chi connectivity index (χ2v) is 4.99. The van der Waals surface area contributed by atoms with Gasteiger partial charge in [0.05, 0.1) is 11.6 Å². The highest BCUT2D eigenvalue weighted by atomic mass is 35.5. The predicted molar refractivity (Wildman–Crippen MR) is 77.5 cm³/mol. The Balaban J connectivity index is 2.25. The van der Waals surface area contributed by atoms with Crippen molar-refractivity contribution in [2.24, 2.45) is 0 Å². The standard InChI is InChI=1S/C14H12ClF4N3O2/c1-2-5-20-14(23)8-4-3-7(24-8)6-22-11(13(18)19)9(15)10(21-22)12(16)17/h2-4,12-13H,1,5-6H2,(H,20,23). The Bertz CT molecular complexity index is 742. The van der Waals surface area contributed by atoms with Crippen molar-refractivity contribution >= 4 is 17.5 Å². The minimum atomic E-state index is -3.09. The number of nitrogens with one attached hydrogen (secondary N) is 1. The van der Waals surface area contributed by atoms with E-state index in [1.807, 2.05) is 0 Å². The zero-order valence-corrected chi connectivity index (χ0v) is 12.9. The first-order chi connectivity index (χ1) is 11.3. The van der Waals surface area contributed by atoms with E-state index < -0.39 is 35.2 Å². The quantitative estimate of drug-likeness (QED) is 0.596. The molecule has 0 aromatic carbocycles. The van der Waals surface area contributed by atoms with E-state index in [1.165, 1.54) is 18.2 Å². The molecular formula is C14H12ClF4N3O2. The normalized spacial score (nSPS) is 11.3. The van der Waals surface area contributed by atoms with Crippen molar-refractivity contribution in [2.75, 3.05) is 6.54 Å². The van der Waals surface area contributed by atoms with Gasteiger partial charge in [-0.1, -0.05) is 17.7 Å². The highest BCUT2D eigenvalue weighted by Crippen LogP contribution is 2.34. The van der Waals surface area contributed by atoms with E-state index in [9.17, 15) is 22.4 Å². The van der Waals surface area contributed by atoms with Crippen molar-refractivity contribution in [1.82, 2.24) is 15.1 Å². The zero-order chi connectivity index (χ0) is 17.9. The second-order valence-electron chi connectivity index (χ2n) is 4.61. The predicted octanol–water partition coefficient (Wildman–Crippen LogP) is 3.97. The smallest absolute Gasteiger partial charge is 0.287 e. The van der Waals surface area contributed by atoms with Crippen molar-refractivity contribution in [3.63, 3.8) is 0 Å². The van der Waals surface area contributed by atoms with Crippen LogP contribution in [-0.4, -0.2) is 22.2 Å². The van der Waals surface area contributed by atoms with Crippen LogP contribution in [0.4, 0.5) is 17.6 Å². The Morgan fingerprint density at radius 1 is 1.38 bits per heavy atom. The molecular weight excluding hydrogens is 354 g/mol. The number of amides is 1. The first-order valence-electron chi connectivity index (χ1n) is 6.65. The van der Waals surface area contributed by atoms with Crippen molar-refractivity contribution in [1.29, 1.82) is 0 Å². The van der Waals surface area contributed by atoms with E-state index in [2.05, 4.69) is 17.0 Å². The lowest BCUT2D eigenvalue weighted by molar-refractivity contribution is 0.0927. The number of nitrogens with zero attached hydrogens (tertiary/aromatic N) is 2. The third kappa shape index (κ3) is 3.78. The molecule has 1 amide bonds. The Morgan fingerprint density at radius 2 is 2.08 bits per heavy atom. The van der Waals surface area contributed by atoms with Crippen LogP contribution in [0.1, 0.15) is 40.6 Å². The van der Waals surface area contributed by atoms with E-state index >= 15 is 0 Å². The molecule has 0 unspecified atom stereocenters. The zero-order valence-electron chi connectivity index (χ0n) is 12.1. The average Bonchev–Trinajstić information content (AvgIpc) is 3.10. The maximum atomic E-state index is 13.0. The molecule has 0 aliphatic heterocycles. The molecule has 0 radical (unpaired) electrons. The maximum Gasteiger partial charge on any atom is 0.287 e. The number of carbonyl (C=O) groups excluding carboxylic acids is 1. The fourth-order valence-corrected chi connectivity index (χ4v) is 2.23. The summed E-state index contributed by atoms with van der Waals surface area (Å²) in [5, 5.41) is 5.10. The summed E-state index contributed by atoms with van der Waals surface area (Å²) in [6.45, 7) is 3.28. The number of aromatic nitrogens is 2. The summed E-state index contributed by atoms with van der Waals surface area (Å²) in [5.74, 6) is -0.500. The number of hydrogen-bond donors (Lipinski definition) is 1. The van der Waals surface area contributed by atoms with Gasteiger partial charge < -0.3 is 9.73 Å². The van der Waals surface area contributed by atoms with Crippen molar-refractivity contribution in [3.05, 3.63) is 52.7 Å². The van der Waals surface area contributed by atoms with Gasteiger partial charge in [0.15, 0.2) is 5.76 Å². The van der Waals surface area contributed by atoms with Gasteiger partial charge in [-0.3, -0.25) is 9.48 Å². The van der Waals surface area contributed by atoms with Gasteiger partial charge in [0.1, 0.15) is 17.1 Å². The molecule has 0 bridgehead atoms. The van der Waals surface area contributed by atoms with Crippen molar-refractivity contribution in [3.8, 4) is 0 Å². The summed E-state index contributed by atoms with van der Waals surface area (Å²) < 4.78 is 57.5. The van der Waals surface area contributed by atoms with Gasteiger partial charge in [0, 0.05) is 6.54 Å². The van der Waals surface area contributed by atoms with E-state index in [-0.39, 0.29) is 24.6 Å². The van der Waals surface area contributed by atoms with Crippen LogP contribution in [0.2, 0.25) is 5.02 Å². The van der Waals surface area contributed by atoms with Gasteiger partial charge in [-0.25, -0.2) is 17.6 Å². The van der Waals surface area contributed by atoms with Gasteiger partial charge in [-0.15, -0.1) is 6.58 Å². The number of carbonyl (C=O) groups is 1. The van der Waals surface area contributed by atoms with Crippen LogP contribution in [0.5, 0.6) is 0 Å². The summed E-state index contributed by atoms with van der Waals surface area (Å²) in [6, 6.07) is 2.69. The van der Waals surface area contributed by atoms with Gasteiger partial charge in [0.2, 0.25) is 0 Å². The molecule has 0 saturated carbocycles. The molecule has 1 N–H and O–H groups in total. The summed E-state index contributed by atoms with van der Waals surface area (Å²) in [6.07, 6.45) is -4.72. The first kappa shape index (κ1) is 18.1. The lowest BCUT2D eigenvalue weighted by Crippen LogP contribution is -2.22. The lowest BCUT2D eigenvalue weighted by Gasteiger charge is -2.05. The summed E-state index contributed by atoms with van der Waals surface area (Å²) in [7, 11) is 0. The van der Waals surface area contributed by atoms with Crippen molar-refractivity contribution < 1.29 is 26.8 Å². The molecule has 130 valence electrons. The Morgan fingerprint density at radius 3 is 2.67 bits per heavy atom. The van der Waals surface area contributed by atoms with E-state index in [0.717, 1.165) is 0 Å². The van der Waals surface area contributed by atoms with Gasteiger partial charge >= 0.3 is 0 Å². The summed E-state index contributed by atoms with van der Waals surface area (Å²) in [4.78, 5) is 11.7. The average molecular weight is 366 g/mol. The van der Waals surface area contributed by atoms with Crippen LogP contribution in [-0.2, 0) is 6.54 Å². The molecule has 0 saturated heterocycles. The second kappa shape index (κ2) is 7.52. The number of alkyl halides is 4. The topological polar surface area (TPSA) is 60.1 Å². The maximum absolute atomic E-state index is 13.0. The minimum Gasteiger partial charge on any atom is -0.454 e. The van der Waals surface area contributed by atoms with Crippen LogP contribution in [0, 0.1) is 0 Å². The number of halogens is 5. The first-order valence-corrected chi connectivity index (χ1v) is 7.03. The van der Waals surface area contributed by atoms with Crippen LogP contribution < -0.4 is 5.32 Å². The molecule has 2 aromatic heterocycles. The number of rotatable bonds is 7. The fourth-order valence-electron chi connectivity index (χ4n) is 1.93. The molecule has 2 rings (SSSR count). The van der Waals surface area contributed by atoms with Crippen molar-refractivity contribution in [2.45, 2.75) is 19.4 Å². The highest BCUT2D eigenvalue weighted by Gasteiger charge is 2.28. The Kier molecular flexibility index (Phi) is 5.66. The van der Waals surface area contributed by atoms with E-state index in [0.29, 0.717) is 4.68 Å². The molecule has 5 nitrogen and oxygen atoms in total. The van der Waals surface area contributed by atoms with Gasteiger partial charge in [0.25, 0.3) is 18.8 Å². The third-order valence-corrected chi connectivity index (χ3v) is 3.35. The largest absolute Gasteiger partial charge is 0.454 e. The Hall–Kier alpha value is -2.29. The van der Waals surface area contributed by atoms with Gasteiger partial charge in [-0.05, 0) is 12.1 Å². The molecule has 0 spiro atoms. The number of hydrogen-bond acceptors (Lipinski definition) is 3. The van der Waals surface area contributed by atoms with E-state index in [1.54, 1.807) is 0 Å². The lowest BCUT2D eigenvalue weighted by atomic mass is 10.3. The summed E-state index contributed by atoms with van der Waals surface area (Å²) >= 11 is 5.55. The minimum absolute atomic E-state index is 0.0576. The molecule has 10 heteroatoms. The molecule has 0 fully saturated rings. The number of furan rings is 1. The summed E-state index contributed by atoms with van der Waals surface area (Å²) in [5.41, 5.74) is -1.76.